The molecular weight excluding hydrogens is 793 g/mol. The first-order valence-electron chi connectivity index (χ1n) is 25.9. The van der Waals surface area contributed by atoms with E-state index in [9.17, 15) is 14.4 Å². The molecule has 0 saturated carbocycles. The summed E-state index contributed by atoms with van der Waals surface area (Å²) >= 11 is 0. The van der Waals surface area contributed by atoms with E-state index in [1.54, 1.807) is 0 Å². The number of ether oxygens (including phenoxy) is 3. The smallest absolute Gasteiger partial charge is 0.306 e. The maximum atomic E-state index is 12.8. The van der Waals surface area contributed by atoms with E-state index in [2.05, 4.69) is 130 Å². The van der Waals surface area contributed by atoms with Crippen LogP contribution in [-0.2, 0) is 28.6 Å². The van der Waals surface area contributed by atoms with Crippen LogP contribution in [0.2, 0.25) is 0 Å². The predicted molar refractivity (Wildman–Crippen MR) is 274 cm³/mol. The summed E-state index contributed by atoms with van der Waals surface area (Å²) < 4.78 is 16.7. The number of esters is 3. The van der Waals surface area contributed by atoms with Crippen molar-refractivity contribution in [3.8, 4) is 0 Å². The van der Waals surface area contributed by atoms with Gasteiger partial charge < -0.3 is 14.2 Å². The van der Waals surface area contributed by atoms with Crippen LogP contribution in [0.4, 0.5) is 0 Å². The third kappa shape index (κ3) is 49.1. The van der Waals surface area contributed by atoms with Gasteiger partial charge in [-0.1, -0.05) is 201 Å². The Bertz CT molecular complexity index is 1340. The topological polar surface area (TPSA) is 78.9 Å². The zero-order valence-corrected chi connectivity index (χ0v) is 41.3. The third-order valence-corrected chi connectivity index (χ3v) is 10.5. The molecule has 0 aromatic carbocycles. The average molecular weight is 887 g/mol. The van der Waals surface area contributed by atoms with Crippen LogP contribution in [0.1, 0.15) is 220 Å². The lowest BCUT2D eigenvalue weighted by Crippen LogP contribution is -2.30. The molecule has 0 fully saturated rings. The molecule has 0 heterocycles. The van der Waals surface area contributed by atoms with E-state index >= 15 is 0 Å². The highest BCUT2D eigenvalue weighted by atomic mass is 16.6. The molecule has 0 aliphatic rings. The second-order valence-electron chi connectivity index (χ2n) is 16.7. The lowest BCUT2D eigenvalue weighted by atomic mass is 10.1. The molecular formula is C58H94O6. The number of rotatable bonds is 45. The lowest BCUT2D eigenvalue weighted by molar-refractivity contribution is -0.167. The van der Waals surface area contributed by atoms with E-state index in [4.69, 9.17) is 14.2 Å². The number of unbranched alkanes of at least 4 members (excludes halogenated alkanes) is 18. The van der Waals surface area contributed by atoms with Crippen molar-refractivity contribution in [2.45, 2.75) is 226 Å². The zero-order chi connectivity index (χ0) is 46.5. The van der Waals surface area contributed by atoms with Gasteiger partial charge in [-0.15, -0.1) is 0 Å². The summed E-state index contributed by atoms with van der Waals surface area (Å²) in [5.74, 6) is -1.01. The molecule has 0 aromatic rings. The molecule has 0 saturated heterocycles. The number of carbonyl (C=O) groups is 3. The molecule has 0 amide bonds. The van der Waals surface area contributed by atoms with Crippen molar-refractivity contribution >= 4 is 17.9 Å². The highest BCUT2D eigenvalue weighted by Gasteiger charge is 2.19. The van der Waals surface area contributed by atoms with Crippen molar-refractivity contribution in [1.29, 1.82) is 0 Å². The molecule has 0 aromatic heterocycles. The molecule has 1 unspecified atom stereocenters. The third-order valence-electron chi connectivity index (χ3n) is 10.5. The van der Waals surface area contributed by atoms with Crippen LogP contribution in [0.25, 0.3) is 0 Å². The summed E-state index contributed by atoms with van der Waals surface area (Å²) in [6.07, 6.45) is 69.4. The molecule has 0 rings (SSSR count). The molecule has 6 heteroatoms. The molecule has 0 radical (unpaired) electrons. The summed E-state index contributed by atoms with van der Waals surface area (Å²) in [5, 5.41) is 0. The molecule has 362 valence electrons. The minimum atomic E-state index is -0.814. The second kappa shape index (κ2) is 51.7. The Labute approximate surface area is 393 Å². The highest BCUT2D eigenvalue weighted by Crippen LogP contribution is 2.12. The number of hydrogen-bond acceptors (Lipinski definition) is 6. The molecule has 0 aliphatic heterocycles. The molecule has 0 N–H and O–H groups in total. The first kappa shape index (κ1) is 60.1. The monoisotopic (exact) mass is 887 g/mol. The lowest BCUT2D eigenvalue weighted by Gasteiger charge is -2.18. The van der Waals surface area contributed by atoms with Crippen molar-refractivity contribution in [2.75, 3.05) is 13.2 Å². The normalized spacial score (nSPS) is 13.0. The quantitative estimate of drug-likeness (QED) is 0.0199. The summed E-state index contributed by atoms with van der Waals surface area (Å²) in [7, 11) is 0. The minimum absolute atomic E-state index is 0.114. The summed E-state index contributed by atoms with van der Waals surface area (Å²) in [6, 6.07) is 0. The summed E-state index contributed by atoms with van der Waals surface area (Å²) in [6.45, 7) is 6.39. The SMILES string of the molecule is CC/C=C\C/C=C\C/C=C\C/C=C\C/C=C\CCCCCC(=O)OCC(COC(=O)CCC/C=C\CCCCCC)OC(=O)CCCCCCC\C=C/C=C\C=C/CCCCCCC. The van der Waals surface area contributed by atoms with Gasteiger partial charge >= 0.3 is 17.9 Å². The van der Waals surface area contributed by atoms with Crippen LogP contribution in [-0.4, -0.2) is 37.2 Å². The van der Waals surface area contributed by atoms with Crippen molar-refractivity contribution < 1.29 is 28.6 Å². The van der Waals surface area contributed by atoms with Gasteiger partial charge in [0.2, 0.25) is 0 Å². The van der Waals surface area contributed by atoms with E-state index in [0.717, 1.165) is 116 Å². The van der Waals surface area contributed by atoms with Crippen molar-refractivity contribution in [1.82, 2.24) is 0 Å². The first-order chi connectivity index (χ1) is 31.5. The van der Waals surface area contributed by atoms with Gasteiger partial charge in [-0.2, -0.15) is 0 Å². The number of allylic oxidation sites excluding steroid dienone is 18. The van der Waals surface area contributed by atoms with Crippen molar-refractivity contribution in [3.05, 3.63) is 109 Å². The van der Waals surface area contributed by atoms with Crippen LogP contribution < -0.4 is 0 Å². The highest BCUT2D eigenvalue weighted by molar-refractivity contribution is 5.71. The van der Waals surface area contributed by atoms with Gasteiger partial charge in [-0.3, -0.25) is 14.4 Å². The van der Waals surface area contributed by atoms with E-state index in [0.29, 0.717) is 19.3 Å². The van der Waals surface area contributed by atoms with E-state index in [-0.39, 0.29) is 37.5 Å². The molecule has 1 atom stereocenters. The fourth-order valence-corrected chi connectivity index (χ4v) is 6.65. The Morgan fingerprint density at radius 2 is 0.688 bits per heavy atom. The fourth-order valence-electron chi connectivity index (χ4n) is 6.65. The average Bonchev–Trinajstić information content (AvgIpc) is 3.29. The Morgan fingerprint density at radius 3 is 1.19 bits per heavy atom. The molecule has 0 bridgehead atoms. The van der Waals surface area contributed by atoms with Crippen LogP contribution in [0, 0.1) is 0 Å². The van der Waals surface area contributed by atoms with Gasteiger partial charge in [-0.25, -0.2) is 0 Å². The standard InChI is InChI=1S/C58H94O6/c1-4-7-10-13-16-19-21-23-25-27-29-31-32-34-36-39-42-45-48-51-57(60)63-54-55(53-62-56(59)50-47-44-41-38-18-15-12-9-6-3)64-58(61)52-49-46-43-40-37-35-33-30-28-26-24-22-20-17-14-11-8-5-2/h7,10,16,19,22-26,28-31,33-34,36,38,41,55H,4-6,8-9,11-15,17-18,20-21,27,32,35,37,39-40,42-54H2,1-3H3/b10-7-,19-16-,24-22-,25-23-,28-26-,31-29-,33-30-,36-34-,41-38-. The number of hydrogen-bond donors (Lipinski definition) is 0. The zero-order valence-electron chi connectivity index (χ0n) is 41.3. The summed E-state index contributed by atoms with van der Waals surface area (Å²) in [5.41, 5.74) is 0. The van der Waals surface area contributed by atoms with Gasteiger partial charge in [0.25, 0.3) is 0 Å². The Hall–Kier alpha value is -3.93. The Kier molecular flexibility index (Phi) is 48.5. The van der Waals surface area contributed by atoms with E-state index < -0.39 is 6.10 Å². The van der Waals surface area contributed by atoms with Gasteiger partial charge in [0.15, 0.2) is 6.10 Å². The maximum absolute atomic E-state index is 12.8. The molecule has 64 heavy (non-hydrogen) atoms. The largest absolute Gasteiger partial charge is 0.462 e. The predicted octanol–water partition coefficient (Wildman–Crippen LogP) is 17.1. The molecule has 0 spiro atoms. The minimum Gasteiger partial charge on any atom is -0.462 e. The molecule has 6 nitrogen and oxygen atoms in total. The van der Waals surface area contributed by atoms with Gasteiger partial charge in [0.05, 0.1) is 0 Å². The first-order valence-corrected chi connectivity index (χ1v) is 25.9. The van der Waals surface area contributed by atoms with E-state index in [1.807, 2.05) is 0 Å². The van der Waals surface area contributed by atoms with Crippen LogP contribution in [0.3, 0.4) is 0 Å². The van der Waals surface area contributed by atoms with E-state index in [1.165, 1.54) is 57.8 Å². The molecule has 0 aliphatic carbocycles. The van der Waals surface area contributed by atoms with Crippen LogP contribution >= 0.6 is 0 Å². The van der Waals surface area contributed by atoms with Gasteiger partial charge in [-0.05, 0) is 109 Å². The maximum Gasteiger partial charge on any atom is 0.306 e. The van der Waals surface area contributed by atoms with Gasteiger partial charge in [0, 0.05) is 19.3 Å². The Morgan fingerprint density at radius 1 is 0.344 bits per heavy atom. The summed E-state index contributed by atoms with van der Waals surface area (Å²) in [4.78, 5) is 37.9. The fraction of sp³-hybridized carbons (Fsp3) is 0.638. The Balaban J connectivity index is 4.47. The van der Waals surface area contributed by atoms with Gasteiger partial charge in [0.1, 0.15) is 13.2 Å². The van der Waals surface area contributed by atoms with Crippen molar-refractivity contribution in [2.24, 2.45) is 0 Å². The van der Waals surface area contributed by atoms with Crippen molar-refractivity contribution in [3.63, 3.8) is 0 Å². The second-order valence-corrected chi connectivity index (χ2v) is 16.7. The van der Waals surface area contributed by atoms with Crippen LogP contribution in [0.15, 0.2) is 109 Å². The number of carbonyl (C=O) groups excluding carboxylic acids is 3. The van der Waals surface area contributed by atoms with Crippen LogP contribution in [0.5, 0.6) is 0 Å².